The molecule has 1 amide bonds. The topological polar surface area (TPSA) is 68.8 Å². The van der Waals surface area contributed by atoms with Gasteiger partial charge in [-0.25, -0.2) is 4.79 Å². The van der Waals surface area contributed by atoms with E-state index in [4.69, 9.17) is 14.0 Å². The quantitative estimate of drug-likeness (QED) is 0.623. The summed E-state index contributed by atoms with van der Waals surface area (Å²) in [6.07, 6.45) is -0.412. The minimum Gasteiger partial charge on any atom is -0.444 e. The van der Waals surface area contributed by atoms with Crippen LogP contribution in [0.4, 0.5) is 10.5 Å². The van der Waals surface area contributed by atoms with Gasteiger partial charge in [0.25, 0.3) is 0 Å². The number of benzene rings is 1. The molecule has 1 saturated heterocycles. The molecule has 0 bridgehead atoms. The number of ether oxygens (including phenoxy) is 1. The van der Waals surface area contributed by atoms with Crippen LogP contribution in [0.5, 0.6) is 0 Å². The Hall–Kier alpha value is -1.73. The van der Waals surface area contributed by atoms with E-state index in [9.17, 15) is 4.79 Å². The summed E-state index contributed by atoms with van der Waals surface area (Å²) in [6, 6.07) is 7.94. The molecule has 1 fully saturated rings. The van der Waals surface area contributed by atoms with E-state index in [-0.39, 0.29) is 18.3 Å². The Morgan fingerprint density at radius 2 is 1.73 bits per heavy atom. The second-order valence-corrected chi connectivity index (χ2v) is 8.57. The fourth-order valence-corrected chi connectivity index (χ4v) is 2.46. The minimum atomic E-state index is -0.491. The van der Waals surface area contributed by atoms with Crippen molar-refractivity contribution < 1.29 is 18.8 Å². The molecule has 0 spiro atoms. The molecule has 6 nitrogen and oxygen atoms in total. The monoisotopic (exact) mass is 362 g/mol. The zero-order chi connectivity index (χ0) is 19.6. The predicted octanol–water partition coefficient (Wildman–Crippen LogP) is 2.92. The average Bonchev–Trinajstić information content (AvgIpc) is 2.71. The Morgan fingerprint density at radius 3 is 2.31 bits per heavy atom. The first-order chi connectivity index (χ1) is 11.9. The lowest BCUT2D eigenvalue weighted by molar-refractivity contribution is 0.00578. The van der Waals surface area contributed by atoms with Crippen molar-refractivity contribution in [3.8, 4) is 0 Å². The molecule has 7 heteroatoms. The third kappa shape index (κ3) is 5.38. The molecule has 0 radical (unpaired) electrons. The molecule has 0 atom stereocenters. The molecule has 144 valence electrons. The summed E-state index contributed by atoms with van der Waals surface area (Å²) >= 11 is 0. The van der Waals surface area contributed by atoms with Crippen molar-refractivity contribution in [1.82, 2.24) is 5.32 Å². The lowest BCUT2D eigenvalue weighted by atomic mass is 9.79. The summed E-state index contributed by atoms with van der Waals surface area (Å²) < 4.78 is 17.4. The number of hydrogen-bond donors (Lipinski definition) is 2. The van der Waals surface area contributed by atoms with Gasteiger partial charge in [-0.2, -0.15) is 0 Å². The highest BCUT2D eigenvalue weighted by atomic mass is 16.7. The number of rotatable bonds is 5. The largest absolute Gasteiger partial charge is 0.494 e. The number of alkyl carbamates (subject to hydrolysis) is 1. The second kappa shape index (κ2) is 7.49. The van der Waals surface area contributed by atoms with Crippen molar-refractivity contribution in [2.24, 2.45) is 0 Å². The molecule has 2 rings (SSSR count). The van der Waals surface area contributed by atoms with Crippen LogP contribution in [0, 0.1) is 0 Å². The summed E-state index contributed by atoms with van der Waals surface area (Å²) in [7, 11) is -0.387. The number of hydrogen-bond acceptors (Lipinski definition) is 5. The molecule has 1 aliphatic heterocycles. The van der Waals surface area contributed by atoms with E-state index in [0.29, 0.717) is 13.1 Å². The first-order valence-corrected chi connectivity index (χ1v) is 9.06. The van der Waals surface area contributed by atoms with Gasteiger partial charge in [0, 0.05) is 18.8 Å². The molecule has 1 aromatic rings. The standard InChI is InChI=1S/C19H31BN2O4/c1-17(2,3)24-16(23)22-12-11-21-15-10-8-9-14(13-15)20-25-18(4,5)19(6,7)26-20/h8-10,13,21H,11-12H2,1-7H3,(H,22,23). The first-order valence-electron chi connectivity index (χ1n) is 9.06. The number of carbonyl (C=O) groups is 1. The normalized spacial score (nSPS) is 18.5. The van der Waals surface area contributed by atoms with Crippen LogP contribution in [-0.4, -0.2) is 43.1 Å². The van der Waals surface area contributed by atoms with Gasteiger partial charge in [-0.3, -0.25) is 0 Å². The van der Waals surface area contributed by atoms with E-state index in [2.05, 4.69) is 10.6 Å². The van der Waals surface area contributed by atoms with Crippen LogP contribution in [0.25, 0.3) is 0 Å². The Balaban J connectivity index is 1.86. The molecule has 0 aromatic heterocycles. The van der Waals surface area contributed by atoms with E-state index in [1.807, 2.05) is 72.7 Å². The van der Waals surface area contributed by atoms with Crippen molar-refractivity contribution >= 4 is 24.4 Å². The van der Waals surface area contributed by atoms with Crippen molar-refractivity contribution in [2.75, 3.05) is 18.4 Å². The van der Waals surface area contributed by atoms with Gasteiger partial charge in [-0.1, -0.05) is 12.1 Å². The van der Waals surface area contributed by atoms with Crippen LogP contribution < -0.4 is 16.1 Å². The van der Waals surface area contributed by atoms with Crippen LogP contribution in [-0.2, 0) is 14.0 Å². The smallest absolute Gasteiger partial charge is 0.444 e. The van der Waals surface area contributed by atoms with E-state index in [0.717, 1.165) is 11.2 Å². The Kier molecular flexibility index (Phi) is 5.93. The van der Waals surface area contributed by atoms with E-state index in [1.54, 1.807) is 0 Å². The third-order valence-corrected chi connectivity index (χ3v) is 4.53. The zero-order valence-electron chi connectivity index (χ0n) is 16.9. The number of amides is 1. The van der Waals surface area contributed by atoms with Crippen LogP contribution in [0.15, 0.2) is 24.3 Å². The molecule has 2 N–H and O–H groups in total. The van der Waals surface area contributed by atoms with Crippen LogP contribution >= 0.6 is 0 Å². The molecular formula is C19H31BN2O4. The maximum atomic E-state index is 11.6. The van der Waals surface area contributed by atoms with Gasteiger partial charge in [0.2, 0.25) is 0 Å². The SMILES string of the molecule is CC(C)(C)OC(=O)NCCNc1cccc(B2OC(C)(C)C(C)(C)O2)c1. The van der Waals surface area contributed by atoms with Gasteiger partial charge in [-0.15, -0.1) is 0 Å². The Morgan fingerprint density at radius 1 is 1.12 bits per heavy atom. The fraction of sp³-hybridized carbons (Fsp3) is 0.632. The molecule has 0 saturated carbocycles. The van der Waals surface area contributed by atoms with Crippen molar-refractivity contribution in [2.45, 2.75) is 65.3 Å². The summed E-state index contributed by atoms with van der Waals surface area (Å²) in [5.74, 6) is 0. The fourth-order valence-electron chi connectivity index (χ4n) is 2.46. The summed E-state index contributed by atoms with van der Waals surface area (Å²) in [5.41, 5.74) is 0.697. The number of carbonyl (C=O) groups excluding carboxylic acids is 1. The summed E-state index contributed by atoms with van der Waals surface area (Å²) in [5, 5.41) is 6.01. The highest BCUT2D eigenvalue weighted by Crippen LogP contribution is 2.36. The van der Waals surface area contributed by atoms with Crippen molar-refractivity contribution in [1.29, 1.82) is 0 Å². The average molecular weight is 362 g/mol. The molecule has 0 aliphatic carbocycles. The van der Waals surface area contributed by atoms with Crippen molar-refractivity contribution in [3.05, 3.63) is 24.3 Å². The second-order valence-electron chi connectivity index (χ2n) is 8.57. The highest BCUT2D eigenvalue weighted by Gasteiger charge is 2.51. The maximum Gasteiger partial charge on any atom is 0.494 e. The van der Waals surface area contributed by atoms with Gasteiger partial charge in [0.1, 0.15) is 5.60 Å². The van der Waals surface area contributed by atoms with Gasteiger partial charge in [-0.05, 0) is 66.1 Å². The van der Waals surface area contributed by atoms with Gasteiger partial charge < -0.3 is 24.7 Å². The summed E-state index contributed by atoms with van der Waals surface area (Å²) in [6.45, 7) is 14.7. The molecule has 1 aliphatic rings. The summed E-state index contributed by atoms with van der Waals surface area (Å²) in [4.78, 5) is 11.6. The van der Waals surface area contributed by atoms with Crippen LogP contribution in [0.1, 0.15) is 48.5 Å². The van der Waals surface area contributed by atoms with Gasteiger partial charge in [0.15, 0.2) is 0 Å². The van der Waals surface area contributed by atoms with Crippen LogP contribution in [0.2, 0.25) is 0 Å². The zero-order valence-corrected chi connectivity index (χ0v) is 16.9. The lowest BCUT2D eigenvalue weighted by Crippen LogP contribution is -2.41. The number of anilines is 1. The maximum absolute atomic E-state index is 11.6. The van der Waals surface area contributed by atoms with Gasteiger partial charge in [0.05, 0.1) is 11.2 Å². The third-order valence-electron chi connectivity index (χ3n) is 4.53. The Bertz CT molecular complexity index is 625. The number of nitrogens with one attached hydrogen (secondary N) is 2. The molecule has 26 heavy (non-hydrogen) atoms. The van der Waals surface area contributed by atoms with E-state index < -0.39 is 11.7 Å². The lowest BCUT2D eigenvalue weighted by Gasteiger charge is -2.32. The predicted molar refractivity (Wildman–Crippen MR) is 105 cm³/mol. The highest BCUT2D eigenvalue weighted by molar-refractivity contribution is 6.62. The van der Waals surface area contributed by atoms with Crippen LogP contribution in [0.3, 0.4) is 0 Å². The van der Waals surface area contributed by atoms with E-state index >= 15 is 0 Å². The van der Waals surface area contributed by atoms with Gasteiger partial charge >= 0.3 is 13.2 Å². The Labute approximate surface area is 157 Å². The molecule has 0 unspecified atom stereocenters. The molecule has 1 aromatic carbocycles. The molecule has 1 heterocycles. The minimum absolute atomic E-state index is 0.363. The van der Waals surface area contributed by atoms with E-state index in [1.165, 1.54) is 0 Å². The van der Waals surface area contributed by atoms with Crippen molar-refractivity contribution in [3.63, 3.8) is 0 Å². The molecular weight excluding hydrogens is 331 g/mol. The first kappa shape index (κ1) is 20.6.